The third kappa shape index (κ3) is 3.88. The largest absolute Gasteiger partial charge is 0.494 e. The predicted molar refractivity (Wildman–Crippen MR) is 86.2 cm³/mol. The van der Waals surface area contributed by atoms with Crippen molar-refractivity contribution in [1.82, 2.24) is 19.9 Å². The summed E-state index contributed by atoms with van der Waals surface area (Å²) in [6.07, 6.45) is 5.65. The van der Waals surface area contributed by atoms with Crippen molar-refractivity contribution < 1.29 is 9.53 Å². The highest BCUT2D eigenvalue weighted by Gasteiger charge is 2.24. The van der Waals surface area contributed by atoms with Gasteiger partial charge in [-0.2, -0.15) is 15.0 Å². The van der Waals surface area contributed by atoms with Crippen molar-refractivity contribution >= 4 is 5.91 Å². The smallest absolute Gasteiger partial charge is 0.226 e. The Morgan fingerprint density at radius 2 is 1.83 bits per heavy atom. The first-order valence-corrected chi connectivity index (χ1v) is 8.11. The highest BCUT2D eigenvalue weighted by Crippen LogP contribution is 2.21. The molecule has 1 aliphatic rings. The summed E-state index contributed by atoms with van der Waals surface area (Å²) in [4.78, 5) is 16.1. The Balaban J connectivity index is 1.51. The van der Waals surface area contributed by atoms with Gasteiger partial charge in [-0.15, -0.1) is 0 Å². The van der Waals surface area contributed by atoms with E-state index in [1.54, 1.807) is 17.2 Å². The van der Waals surface area contributed by atoms with Crippen LogP contribution in [-0.2, 0) is 11.2 Å². The van der Waals surface area contributed by atoms with Gasteiger partial charge in [-0.1, -0.05) is 12.1 Å². The monoisotopic (exact) mass is 314 g/mol. The van der Waals surface area contributed by atoms with Gasteiger partial charge in [0.2, 0.25) is 5.91 Å². The molecule has 0 radical (unpaired) electrons. The summed E-state index contributed by atoms with van der Waals surface area (Å²) in [6, 6.07) is 8.07. The number of carbonyl (C=O) groups is 1. The van der Waals surface area contributed by atoms with E-state index in [4.69, 9.17) is 4.74 Å². The molecule has 0 bridgehead atoms. The van der Waals surface area contributed by atoms with E-state index in [1.165, 1.54) is 0 Å². The van der Waals surface area contributed by atoms with Crippen LogP contribution in [0, 0.1) is 0 Å². The topological polar surface area (TPSA) is 60.2 Å². The summed E-state index contributed by atoms with van der Waals surface area (Å²) in [5.74, 6) is 1.03. The van der Waals surface area contributed by atoms with Gasteiger partial charge in [0.15, 0.2) is 0 Å². The molecule has 1 aliphatic heterocycles. The van der Waals surface area contributed by atoms with Crippen molar-refractivity contribution in [2.24, 2.45) is 0 Å². The maximum atomic E-state index is 12.4. The highest BCUT2D eigenvalue weighted by atomic mass is 16.5. The minimum atomic E-state index is 0.182. The van der Waals surface area contributed by atoms with Gasteiger partial charge >= 0.3 is 0 Å². The molecule has 23 heavy (non-hydrogen) atoms. The summed E-state index contributed by atoms with van der Waals surface area (Å²) in [5, 5.41) is 8.38. The first-order valence-electron chi connectivity index (χ1n) is 8.11. The number of nitrogens with zero attached hydrogens (tertiary/aromatic N) is 4. The molecule has 0 spiro atoms. The van der Waals surface area contributed by atoms with E-state index in [-0.39, 0.29) is 5.91 Å². The van der Waals surface area contributed by atoms with Crippen LogP contribution in [0.5, 0.6) is 5.75 Å². The van der Waals surface area contributed by atoms with Gasteiger partial charge in [-0.05, 0) is 37.5 Å². The number of rotatable bonds is 5. The SMILES string of the molecule is CCOc1ccc(CC(=O)N2CCC(n3nccn3)CC2)cc1. The number of ether oxygens (including phenoxy) is 1. The third-order valence-corrected chi connectivity index (χ3v) is 4.17. The molecule has 1 aromatic carbocycles. The number of hydrogen-bond donors (Lipinski definition) is 0. The van der Waals surface area contributed by atoms with Crippen molar-refractivity contribution in [2.45, 2.75) is 32.2 Å². The highest BCUT2D eigenvalue weighted by molar-refractivity contribution is 5.78. The van der Waals surface area contributed by atoms with Gasteiger partial charge < -0.3 is 9.64 Å². The van der Waals surface area contributed by atoms with E-state index >= 15 is 0 Å². The van der Waals surface area contributed by atoms with Crippen molar-refractivity contribution in [3.63, 3.8) is 0 Å². The van der Waals surface area contributed by atoms with E-state index in [1.807, 2.05) is 36.1 Å². The normalized spacial score (nSPS) is 15.6. The number of hydrogen-bond acceptors (Lipinski definition) is 4. The average Bonchev–Trinajstić information content (AvgIpc) is 3.11. The first-order chi connectivity index (χ1) is 11.3. The molecule has 2 aromatic rings. The molecule has 0 saturated carbocycles. The van der Waals surface area contributed by atoms with Gasteiger partial charge in [0.25, 0.3) is 0 Å². The molecular formula is C17H22N4O2. The number of benzene rings is 1. The molecule has 122 valence electrons. The summed E-state index contributed by atoms with van der Waals surface area (Å²) in [7, 11) is 0. The first kappa shape index (κ1) is 15.5. The van der Waals surface area contributed by atoms with Gasteiger partial charge in [0, 0.05) is 13.1 Å². The van der Waals surface area contributed by atoms with Crippen LogP contribution in [0.4, 0.5) is 0 Å². The molecule has 2 heterocycles. The van der Waals surface area contributed by atoms with Gasteiger partial charge in [0.1, 0.15) is 5.75 Å². The van der Waals surface area contributed by atoms with Crippen molar-refractivity contribution in [3.05, 3.63) is 42.2 Å². The lowest BCUT2D eigenvalue weighted by Gasteiger charge is -2.31. The Morgan fingerprint density at radius 3 is 2.43 bits per heavy atom. The zero-order chi connectivity index (χ0) is 16.1. The van der Waals surface area contributed by atoms with Crippen molar-refractivity contribution in [2.75, 3.05) is 19.7 Å². The quantitative estimate of drug-likeness (QED) is 0.848. The standard InChI is InChI=1S/C17H22N4O2/c1-2-23-16-5-3-14(4-6-16)13-17(22)20-11-7-15(8-12-20)21-18-9-10-19-21/h3-6,9-10,15H,2,7-8,11-13H2,1H3. The molecule has 1 fully saturated rings. The number of aromatic nitrogens is 3. The predicted octanol–water partition coefficient (Wildman–Crippen LogP) is 2.08. The van der Waals surface area contributed by atoms with Crippen LogP contribution in [0.3, 0.4) is 0 Å². The van der Waals surface area contributed by atoms with Crippen LogP contribution in [0.2, 0.25) is 0 Å². The molecule has 0 atom stereocenters. The number of carbonyl (C=O) groups excluding carboxylic acids is 1. The Bertz CT molecular complexity index is 617. The lowest BCUT2D eigenvalue weighted by Crippen LogP contribution is -2.40. The van der Waals surface area contributed by atoms with Gasteiger partial charge in [-0.25, -0.2) is 0 Å². The minimum Gasteiger partial charge on any atom is -0.494 e. The fourth-order valence-electron chi connectivity index (χ4n) is 2.92. The van der Waals surface area contributed by atoms with Gasteiger partial charge in [-0.3, -0.25) is 4.79 Å². The molecular weight excluding hydrogens is 292 g/mol. The Morgan fingerprint density at radius 1 is 1.17 bits per heavy atom. The average molecular weight is 314 g/mol. The third-order valence-electron chi connectivity index (χ3n) is 4.17. The molecule has 0 unspecified atom stereocenters. The number of likely N-dealkylation sites (tertiary alicyclic amines) is 1. The van der Waals surface area contributed by atoms with Crippen LogP contribution in [-0.4, -0.2) is 45.5 Å². The molecule has 1 aromatic heterocycles. The van der Waals surface area contributed by atoms with Gasteiger partial charge in [0.05, 0.1) is 31.5 Å². The fourth-order valence-corrected chi connectivity index (χ4v) is 2.92. The van der Waals surface area contributed by atoms with Crippen LogP contribution in [0.15, 0.2) is 36.7 Å². The zero-order valence-corrected chi connectivity index (χ0v) is 13.4. The lowest BCUT2D eigenvalue weighted by molar-refractivity contribution is -0.131. The van der Waals surface area contributed by atoms with E-state index in [9.17, 15) is 4.79 Å². The van der Waals surface area contributed by atoms with Crippen molar-refractivity contribution in [3.8, 4) is 5.75 Å². The van der Waals surface area contributed by atoms with E-state index in [2.05, 4.69) is 10.2 Å². The Kier molecular flexibility index (Phi) is 4.90. The summed E-state index contributed by atoms with van der Waals surface area (Å²) in [5.41, 5.74) is 1.02. The molecule has 6 heteroatoms. The van der Waals surface area contributed by atoms with Crippen molar-refractivity contribution in [1.29, 1.82) is 0 Å². The Labute approximate surface area is 136 Å². The van der Waals surface area contributed by atoms with Crippen LogP contribution in [0.1, 0.15) is 31.4 Å². The number of piperidine rings is 1. The second-order valence-corrected chi connectivity index (χ2v) is 5.72. The molecule has 3 rings (SSSR count). The minimum absolute atomic E-state index is 0.182. The fraction of sp³-hybridized carbons (Fsp3) is 0.471. The van der Waals surface area contributed by atoms with Crippen LogP contribution in [0.25, 0.3) is 0 Å². The van der Waals surface area contributed by atoms with Crippen LogP contribution < -0.4 is 4.74 Å². The second-order valence-electron chi connectivity index (χ2n) is 5.72. The number of amides is 1. The summed E-state index contributed by atoms with van der Waals surface area (Å²) >= 11 is 0. The molecule has 0 aliphatic carbocycles. The summed E-state index contributed by atoms with van der Waals surface area (Å²) < 4.78 is 5.42. The second kappa shape index (κ2) is 7.26. The molecule has 1 amide bonds. The summed E-state index contributed by atoms with van der Waals surface area (Å²) in [6.45, 7) is 4.14. The molecule has 1 saturated heterocycles. The lowest BCUT2D eigenvalue weighted by atomic mass is 10.0. The zero-order valence-electron chi connectivity index (χ0n) is 13.4. The molecule has 6 nitrogen and oxygen atoms in total. The molecule has 0 N–H and O–H groups in total. The van der Waals surface area contributed by atoms with E-state index in [0.717, 1.165) is 37.2 Å². The Hall–Kier alpha value is -2.37. The van der Waals surface area contributed by atoms with Crippen LogP contribution >= 0.6 is 0 Å². The van der Waals surface area contributed by atoms with E-state index in [0.29, 0.717) is 19.1 Å². The maximum Gasteiger partial charge on any atom is 0.226 e. The van der Waals surface area contributed by atoms with E-state index < -0.39 is 0 Å². The maximum absolute atomic E-state index is 12.4.